The summed E-state index contributed by atoms with van der Waals surface area (Å²) in [5.74, 6) is 0.728. The van der Waals surface area contributed by atoms with Crippen LogP contribution in [-0.2, 0) is 10.0 Å². The van der Waals surface area contributed by atoms with Gasteiger partial charge in [0.1, 0.15) is 0 Å². The summed E-state index contributed by atoms with van der Waals surface area (Å²) in [6, 6.07) is 22.0. The van der Waals surface area contributed by atoms with E-state index in [0.717, 1.165) is 5.56 Å². The molecule has 0 aliphatic rings. The van der Waals surface area contributed by atoms with Gasteiger partial charge in [0.05, 0.1) is 35.9 Å². The zero-order valence-corrected chi connectivity index (χ0v) is 22.7. The Labute approximate surface area is 231 Å². The minimum atomic E-state index is -3.92. The Morgan fingerprint density at radius 1 is 0.850 bits per heavy atom. The molecule has 0 radical (unpaired) electrons. The monoisotopic (exact) mass is 555 g/mol. The van der Waals surface area contributed by atoms with Gasteiger partial charge in [-0.3, -0.25) is 4.79 Å². The number of carbonyl (C=O) groups excluding carboxylic acids is 1. The van der Waals surface area contributed by atoms with Crippen LogP contribution in [0.25, 0.3) is 22.2 Å². The van der Waals surface area contributed by atoms with E-state index in [-0.39, 0.29) is 16.8 Å². The van der Waals surface area contributed by atoms with Crippen LogP contribution in [-0.4, -0.2) is 43.5 Å². The Morgan fingerprint density at radius 3 is 2.33 bits per heavy atom. The van der Waals surface area contributed by atoms with Gasteiger partial charge in [-0.1, -0.05) is 18.2 Å². The summed E-state index contributed by atoms with van der Waals surface area (Å²) in [6.07, 6.45) is 1.47. The number of rotatable bonds is 8. The SMILES string of the molecule is COc1ccc(-c2cc(C(=O)Nc3ccc(S(=O)(=O)Nc4nccc(C)n4)cc3)c3ccccc3n2)cc1OC. The van der Waals surface area contributed by atoms with Gasteiger partial charge in [0.25, 0.3) is 15.9 Å². The number of hydrogen-bond donors (Lipinski definition) is 2. The predicted molar refractivity (Wildman–Crippen MR) is 152 cm³/mol. The number of aryl methyl sites for hydroxylation is 1. The van der Waals surface area contributed by atoms with Crippen LogP contribution in [0.15, 0.2) is 90.0 Å². The van der Waals surface area contributed by atoms with Gasteiger partial charge in [-0.05, 0) is 67.6 Å². The smallest absolute Gasteiger partial charge is 0.264 e. The Hall–Kier alpha value is -5.03. The van der Waals surface area contributed by atoms with Gasteiger partial charge in [-0.25, -0.2) is 28.1 Å². The highest BCUT2D eigenvalue weighted by Gasteiger charge is 2.18. The van der Waals surface area contributed by atoms with Crippen LogP contribution in [0.2, 0.25) is 0 Å². The molecule has 0 fully saturated rings. The number of carbonyl (C=O) groups is 1. The Morgan fingerprint density at radius 2 is 1.60 bits per heavy atom. The molecular formula is C29H25N5O5S. The number of hydrogen-bond acceptors (Lipinski definition) is 8. The van der Waals surface area contributed by atoms with Crippen molar-refractivity contribution in [3.8, 4) is 22.8 Å². The third-order valence-electron chi connectivity index (χ3n) is 6.08. The van der Waals surface area contributed by atoms with Crippen molar-refractivity contribution in [1.82, 2.24) is 15.0 Å². The van der Waals surface area contributed by atoms with Crippen LogP contribution in [0.4, 0.5) is 11.6 Å². The molecule has 0 spiro atoms. The van der Waals surface area contributed by atoms with Gasteiger partial charge >= 0.3 is 0 Å². The number of ether oxygens (including phenoxy) is 2. The largest absolute Gasteiger partial charge is 0.493 e. The quantitative estimate of drug-likeness (QED) is 0.271. The number of nitrogens with zero attached hydrogens (tertiary/aromatic N) is 3. The maximum absolute atomic E-state index is 13.5. The highest BCUT2D eigenvalue weighted by Crippen LogP contribution is 2.33. The number of para-hydroxylation sites is 1. The number of sulfonamides is 1. The van der Waals surface area contributed by atoms with Crippen molar-refractivity contribution >= 4 is 38.5 Å². The lowest BCUT2D eigenvalue weighted by Gasteiger charge is -2.13. The summed E-state index contributed by atoms with van der Waals surface area (Å²) in [7, 11) is -0.805. The highest BCUT2D eigenvalue weighted by atomic mass is 32.2. The van der Waals surface area contributed by atoms with E-state index >= 15 is 0 Å². The molecule has 2 heterocycles. The van der Waals surface area contributed by atoms with Crippen molar-refractivity contribution in [2.24, 2.45) is 0 Å². The third kappa shape index (κ3) is 5.54. The van der Waals surface area contributed by atoms with Crippen molar-refractivity contribution in [1.29, 1.82) is 0 Å². The number of nitrogens with one attached hydrogen (secondary N) is 2. The molecule has 3 aromatic carbocycles. The zero-order valence-electron chi connectivity index (χ0n) is 21.9. The summed E-state index contributed by atoms with van der Waals surface area (Å²) in [6.45, 7) is 1.74. The van der Waals surface area contributed by atoms with E-state index in [2.05, 4.69) is 20.0 Å². The summed E-state index contributed by atoms with van der Waals surface area (Å²) >= 11 is 0. The van der Waals surface area contributed by atoms with E-state index in [1.807, 2.05) is 30.3 Å². The first-order valence-corrected chi connectivity index (χ1v) is 13.6. The van der Waals surface area contributed by atoms with Crippen molar-refractivity contribution in [2.75, 3.05) is 24.3 Å². The molecule has 11 heteroatoms. The second-order valence-corrected chi connectivity index (χ2v) is 10.4. The second kappa shape index (κ2) is 11.0. The molecule has 0 aliphatic heterocycles. The molecule has 2 aromatic heterocycles. The van der Waals surface area contributed by atoms with E-state index in [1.165, 1.54) is 30.5 Å². The Kier molecular flexibility index (Phi) is 7.30. The number of amides is 1. The minimum absolute atomic E-state index is 0.000653. The fourth-order valence-corrected chi connectivity index (χ4v) is 5.05. The predicted octanol–water partition coefficient (Wildman–Crippen LogP) is 5.07. The lowest BCUT2D eigenvalue weighted by Crippen LogP contribution is -2.16. The number of aromatic nitrogens is 3. The zero-order chi connectivity index (χ0) is 28.3. The van der Waals surface area contributed by atoms with Crippen LogP contribution in [0.3, 0.4) is 0 Å². The molecule has 0 aliphatic carbocycles. The van der Waals surface area contributed by atoms with Gasteiger partial charge in [0, 0.05) is 28.5 Å². The number of benzene rings is 3. The highest BCUT2D eigenvalue weighted by molar-refractivity contribution is 7.92. The van der Waals surface area contributed by atoms with Crippen LogP contribution in [0, 0.1) is 6.92 Å². The summed E-state index contributed by atoms with van der Waals surface area (Å²) in [4.78, 5) is 26.2. The van der Waals surface area contributed by atoms with Gasteiger partial charge in [0.2, 0.25) is 5.95 Å². The van der Waals surface area contributed by atoms with Crippen LogP contribution < -0.4 is 19.5 Å². The maximum atomic E-state index is 13.5. The molecule has 2 N–H and O–H groups in total. The van der Waals surface area contributed by atoms with Crippen molar-refractivity contribution in [2.45, 2.75) is 11.8 Å². The number of fused-ring (bicyclic) bond motifs is 1. The van der Waals surface area contributed by atoms with Gasteiger partial charge < -0.3 is 14.8 Å². The van der Waals surface area contributed by atoms with Gasteiger partial charge in [0.15, 0.2) is 11.5 Å². The number of pyridine rings is 1. The van der Waals surface area contributed by atoms with E-state index in [0.29, 0.717) is 45.0 Å². The van der Waals surface area contributed by atoms with Crippen LogP contribution >= 0.6 is 0 Å². The molecular weight excluding hydrogens is 530 g/mol. The molecule has 0 bridgehead atoms. The molecule has 0 saturated carbocycles. The average Bonchev–Trinajstić information content (AvgIpc) is 2.96. The second-order valence-electron chi connectivity index (χ2n) is 8.75. The molecule has 0 saturated heterocycles. The molecule has 0 unspecified atom stereocenters. The third-order valence-corrected chi connectivity index (χ3v) is 7.43. The molecule has 0 atom stereocenters. The molecule has 10 nitrogen and oxygen atoms in total. The summed E-state index contributed by atoms with van der Waals surface area (Å²) < 4.78 is 38.7. The average molecular weight is 556 g/mol. The van der Waals surface area contributed by atoms with Crippen molar-refractivity contribution in [3.05, 3.63) is 96.3 Å². The van der Waals surface area contributed by atoms with E-state index in [4.69, 9.17) is 14.5 Å². The summed E-state index contributed by atoms with van der Waals surface area (Å²) in [5.41, 5.74) is 3.43. The van der Waals surface area contributed by atoms with Gasteiger partial charge in [-0.2, -0.15) is 0 Å². The number of methoxy groups -OCH3 is 2. The fourth-order valence-electron chi connectivity index (χ4n) is 4.10. The lowest BCUT2D eigenvalue weighted by atomic mass is 10.0. The summed E-state index contributed by atoms with van der Waals surface area (Å²) in [5, 5.41) is 3.53. The van der Waals surface area contributed by atoms with Crippen molar-refractivity contribution in [3.63, 3.8) is 0 Å². The molecule has 1 amide bonds. The molecule has 202 valence electrons. The Bertz CT molecular complexity index is 1830. The van der Waals surface area contributed by atoms with Crippen molar-refractivity contribution < 1.29 is 22.7 Å². The first-order chi connectivity index (χ1) is 19.3. The van der Waals surface area contributed by atoms with Crippen LogP contribution in [0.5, 0.6) is 11.5 Å². The van der Waals surface area contributed by atoms with E-state index < -0.39 is 10.0 Å². The molecule has 40 heavy (non-hydrogen) atoms. The fraction of sp³-hybridized carbons (Fsp3) is 0.103. The maximum Gasteiger partial charge on any atom is 0.264 e. The van der Waals surface area contributed by atoms with Gasteiger partial charge in [-0.15, -0.1) is 0 Å². The van der Waals surface area contributed by atoms with Crippen LogP contribution in [0.1, 0.15) is 16.1 Å². The molecule has 5 rings (SSSR count). The topological polar surface area (TPSA) is 132 Å². The van der Waals surface area contributed by atoms with E-state index in [9.17, 15) is 13.2 Å². The van der Waals surface area contributed by atoms with E-state index in [1.54, 1.807) is 45.4 Å². The first kappa shape index (κ1) is 26.6. The lowest BCUT2D eigenvalue weighted by molar-refractivity contribution is 0.102. The molecule has 5 aromatic rings. The minimum Gasteiger partial charge on any atom is -0.493 e. The standard InChI is InChI=1S/C29H25N5O5S/c1-18-14-15-30-29(31-18)34-40(36,37)21-11-9-20(10-12-21)32-28(35)23-17-25(33-24-7-5-4-6-22(23)24)19-8-13-26(38-2)27(16-19)39-3/h4-17H,1-3H3,(H,32,35)(H,30,31,34). The first-order valence-electron chi connectivity index (χ1n) is 12.1. The Balaban J connectivity index is 1.43. The normalized spacial score (nSPS) is 11.2. The number of anilines is 2.